The Bertz CT molecular complexity index is 645. The quantitative estimate of drug-likeness (QED) is 0.771. The summed E-state index contributed by atoms with van der Waals surface area (Å²) in [6.45, 7) is 0.0874. The number of anilines is 1. The zero-order valence-corrected chi connectivity index (χ0v) is 11.1. The average Bonchev–Trinajstić information content (AvgIpc) is 2.27. The van der Waals surface area contributed by atoms with Gasteiger partial charge in [0.1, 0.15) is 11.6 Å². The van der Waals surface area contributed by atoms with Gasteiger partial charge in [0.15, 0.2) is 9.84 Å². The van der Waals surface area contributed by atoms with Gasteiger partial charge in [0.2, 0.25) is 5.91 Å². The van der Waals surface area contributed by atoms with Crippen LogP contribution in [0.2, 0.25) is 0 Å². The van der Waals surface area contributed by atoms with Gasteiger partial charge in [-0.3, -0.25) is 4.79 Å². The number of nitrogens with two attached hydrogens (primary N) is 1. The largest absolute Gasteiger partial charge is 0.325 e. The van der Waals surface area contributed by atoms with Crippen molar-refractivity contribution in [1.29, 1.82) is 0 Å². The molecular formula is C12H13FN2O3S. The molecule has 7 heteroatoms. The fourth-order valence-corrected chi connectivity index (χ4v) is 1.83. The Morgan fingerprint density at radius 3 is 2.74 bits per heavy atom. The van der Waals surface area contributed by atoms with Gasteiger partial charge in [0.25, 0.3) is 0 Å². The first-order valence-corrected chi connectivity index (χ1v) is 7.34. The van der Waals surface area contributed by atoms with Crippen molar-refractivity contribution in [2.24, 2.45) is 5.73 Å². The van der Waals surface area contributed by atoms with Crippen molar-refractivity contribution < 1.29 is 17.6 Å². The van der Waals surface area contributed by atoms with E-state index in [1.54, 1.807) is 0 Å². The molecule has 0 unspecified atom stereocenters. The van der Waals surface area contributed by atoms with Crippen LogP contribution in [0.5, 0.6) is 0 Å². The van der Waals surface area contributed by atoms with Gasteiger partial charge in [-0.1, -0.05) is 11.8 Å². The third-order valence-electron chi connectivity index (χ3n) is 1.97. The van der Waals surface area contributed by atoms with Gasteiger partial charge in [-0.25, -0.2) is 12.8 Å². The first kappa shape index (κ1) is 15.1. The van der Waals surface area contributed by atoms with Crippen LogP contribution in [0, 0.1) is 17.7 Å². The minimum absolute atomic E-state index is 0.0857. The minimum Gasteiger partial charge on any atom is -0.325 e. The highest BCUT2D eigenvalue weighted by molar-refractivity contribution is 7.91. The highest BCUT2D eigenvalue weighted by Crippen LogP contribution is 2.14. The molecule has 0 aromatic heterocycles. The fourth-order valence-electron chi connectivity index (χ4n) is 1.28. The first-order chi connectivity index (χ1) is 8.81. The molecule has 1 aromatic rings. The van der Waals surface area contributed by atoms with Crippen molar-refractivity contribution in [3.05, 3.63) is 29.6 Å². The molecule has 1 rings (SSSR count). The summed E-state index contributed by atoms with van der Waals surface area (Å²) in [4.78, 5) is 11.4. The lowest BCUT2D eigenvalue weighted by Crippen LogP contribution is -2.21. The van der Waals surface area contributed by atoms with E-state index in [1.807, 2.05) is 0 Å². The SMILES string of the molecule is CS(=O)(=O)CC(=O)Nc1ccc(F)c(C#CCN)c1. The number of carbonyl (C=O) groups is 1. The Morgan fingerprint density at radius 2 is 2.16 bits per heavy atom. The Hall–Kier alpha value is -1.91. The summed E-state index contributed by atoms with van der Waals surface area (Å²) in [6, 6.07) is 3.78. The van der Waals surface area contributed by atoms with Crippen LogP contribution in [0.3, 0.4) is 0 Å². The zero-order valence-electron chi connectivity index (χ0n) is 10.2. The summed E-state index contributed by atoms with van der Waals surface area (Å²) >= 11 is 0. The van der Waals surface area contributed by atoms with Crippen LogP contribution in [-0.2, 0) is 14.6 Å². The lowest BCUT2D eigenvalue weighted by atomic mass is 10.2. The highest BCUT2D eigenvalue weighted by Gasteiger charge is 2.11. The maximum absolute atomic E-state index is 13.3. The third-order valence-corrected chi connectivity index (χ3v) is 2.76. The van der Waals surface area contributed by atoms with Crippen LogP contribution in [-0.4, -0.2) is 32.9 Å². The summed E-state index contributed by atoms with van der Waals surface area (Å²) in [7, 11) is -3.41. The van der Waals surface area contributed by atoms with Crippen LogP contribution >= 0.6 is 0 Å². The smallest absolute Gasteiger partial charge is 0.239 e. The van der Waals surface area contributed by atoms with Gasteiger partial charge in [0.05, 0.1) is 12.1 Å². The summed E-state index contributed by atoms with van der Waals surface area (Å²) in [5, 5.41) is 2.36. The molecule has 0 aliphatic carbocycles. The number of hydrogen-bond acceptors (Lipinski definition) is 4. The van der Waals surface area contributed by atoms with Crippen molar-refractivity contribution in [1.82, 2.24) is 0 Å². The van der Waals surface area contributed by atoms with E-state index in [-0.39, 0.29) is 17.8 Å². The van der Waals surface area contributed by atoms with Gasteiger partial charge in [-0.15, -0.1) is 0 Å². The van der Waals surface area contributed by atoms with E-state index in [2.05, 4.69) is 17.2 Å². The summed E-state index contributed by atoms with van der Waals surface area (Å²) in [6.07, 6.45) is 0.954. The molecule has 3 N–H and O–H groups in total. The molecule has 1 aromatic carbocycles. The number of benzene rings is 1. The van der Waals surface area contributed by atoms with Crippen molar-refractivity contribution >= 4 is 21.4 Å². The van der Waals surface area contributed by atoms with Gasteiger partial charge >= 0.3 is 0 Å². The third kappa shape index (κ3) is 5.50. The fraction of sp³-hybridized carbons (Fsp3) is 0.250. The Labute approximate surface area is 110 Å². The topological polar surface area (TPSA) is 89.3 Å². The number of hydrogen-bond donors (Lipinski definition) is 2. The molecule has 0 atom stereocenters. The van der Waals surface area contributed by atoms with E-state index in [4.69, 9.17) is 5.73 Å². The number of rotatable bonds is 3. The first-order valence-electron chi connectivity index (χ1n) is 5.28. The van der Waals surface area contributed by atoms with E-state index in [0.717, 1.165) is 12.3 Å². The van der Waals surface area contributed by atoms with Gasteiger partial charge in [-0.2, -0.15) is 0 Å². The number of carbonyl (C=O) groups excluding carboxylic acids is 1. The second kappa shape index (κ2) is 6.31. The molecule has 0 fully saturated rings. The van der Waals surface area contributed by atoms with Gasteiger partial charge in [-0.05, 0) is 18.2 Å². The molecule has 0 bridgehead atoms. The van der Waals surface area contributed by atoms with Crippen LogP contribution in [0.4, 0.5) is 10.1 Å². The summed E-state index contributed by atoms with van der Waals surface area (Å²) < 4.78 is 35.2. The van der Waals surface area contributed by atoms with E-state index in [0.29, 0.717) is 0 Å². The van der Waals surface area contributed by atoms with Gasteiger partial charge in [0, 0.05) is 11.9 Å². The number of halogens is 1. The lowest BCUT2D eigenvalue weighted by Gasteiger charge is -2.05. The standard InChI is InChI=1S/C12H13FN2O3S/c1-19(17,18)8-12(16)15-10-4-5-11(13)9(7-10)3-2-6-14/h4-5,7H,6,8,14H2,1H3,(H,15,16). The van der Waals surface area contributed by atoms with Gasteiger partial charge < -0.3 is 11.1 Å². The van der Waals surface area contributed by atoms with Crippen LogP contribution < -0.4 is 11.1 Å². The molecule has 5 nitrogen and oxygen atoms in total. The number of sulfone groups is 1. The molecule has 0 aliphatic heterocycles. The number of amides is 1. The zero-order chi connectivity index (χ0) is 14.5. The molecule has 19 heavy (non-hydrogen) atoms. The maximum atomic E-state index is 13.3. The summed E-state index contributed by atoms with van der Waals surface area (Å²) in [5.74, 6) is 3.15. The van der Waals surface area contributed by atoms with Crippen molar-refractivity contribution in [3.63, 3.8) is 0 Å². The molecule has 1 amide bonds. The molecular weight excluding hydrogens is 271 g/mol. The Balaban J connectivity index is 2.88. The molecule has 0 saturated carbocycles. The minimum atomic E-state index is -3.41. The van der Waals surface area contributed by atoms with E-state index in [1.165, 1.54) is 12.1 Å². The van der Waals surface area contributed by atoms with Crippen molar-refractivity contribution in [3.8, 4) is 11.8 Å². The predicted octanol–water partition coefficient (Wildman–Crippen LogP) is 0.119. The molecule has 0 saturated heterocycles. The maximum Gasteiger partial charge on any atom is 0.239 e. The molecule has 0 spiro atoms. The second-order valence-electron chi connectivity index (χ2n) is 3.82. The number of nitrogens with one attached hydrogen (secondary N) is 1. The average molecular weight is 284 g/mol. The summed E-state index contributed by atoms with van der Waals surface area (Å²) in [5.41, 5.74) is 5.54. The van der Waals surface area contributed by atoms with E-state index < -0.39 is 27.3 Å². The van der Waals surface area contributed by atoms with Crippen LogP contribution in [0.1, 0.15) is 5.56 Å². The normalized spacial score (nSPS) is 10.5. The van der Waals surface area contributed by atoms with E-state index >= 15 is 0 Å². The van der Waals surface area contributed by atoms with Crippen molar-refractivity contribution in [2.45, 2.75) is 0 Å². The highest BCUT2D eigenvalue weighted by atomic mass is 32.2. The molecule has 102 valence electrons. The van der Waals surface area contributed by atoms with Crippen molar-refractivity contribution in [2.75, 3.05) is 23.9 Å². The molecule has 0 heterocycles. The monoisotopic (exact) mass is 284 g/mol. The van der Waals surface area contributed by atoms with E-state index in [9.17, 15) is 17.6 Å². The van der Waals surface area contributed by atoms with Crippen LogP contribution in [0.25, 0.3) is 0 Å². The molecule has 0 aliphatic rings. The second-order valence-corrected chi connectivity index (χ2v) is 5.96. The Morgan fingerprint density at radius 1 is 1.47 bits per heavy atom. The van der Waals surface area contributed by atoms with Crippen LogP contribution in [0.15, 0.2) is 18.2 Å². The lowest BCUT2D eigenvalue weighted by molar-refractivity contribution is -0.113. The Kier molecular flexibility index (Phi) is 5.03. The predicted molar refractivity (Wildman–Crippen MR) is 70.7 cm³/mol. The molecule has 0 radical (unpaired) electrons.